The minimum atomic E-state index is -0.829. The molecule has 2 bridgehead atoms. The van der Waals surface area contributed by atoms with Crippen LogP contribution in [0, 0.1) is 12.8 Å². The third kappa shape index (κ3) is 1.59. The summed E-state index contributed by atoms with van der Waals surface area (Å²) in [6.45, 7) is 4.14. The highest BCUT2D eigenvalue weighted by molar-refractivity contribution is 5.89. The fourth-order valence-corrected chi connectivity index (χ4v) is 6.41. The number of hydrogen-bond donors (Lipinski definition) is 1. The van der Waals surface area contributed by atoms with E-state index in [-0.39, 0.29) is 11.8 Å². The number of carbonyl (C=O) groups is 1. The van der Waals surface area contributed by atoms with Crippen molar-refractivity contribution in [2.75, 3.05) is 13.1 Å². The first kappa shape index (κ1) is 14.7. The van der Waals surface area contributed by atoms with Gasteiger partial charge in [-0.2, -0.15) is 0 Å². The van der Waals surface area contributed by atoms with Gasteiger partial charge in [-0.05, 0) is 62.6 Å². The maximum Gasteiger partial charge on any atom is 0.174 e. The number of carbonyl (C=O) groups excluding carboxylic acids is 1. The molecule has 2 aliphatic heterocycles. The molecule has 4 heteroatoms. The Labute approximate surface area is 148 Å². The van der Waals surface area contributed by atoms with Gasteiger partial charge in [0.15, 0.2) is 11.9 Å². The molecule has 1 spiro atoms. The Kier molecular flexibility index (Phi) is 2.64. The molecule has 6 rings (SSSR count). The summed E-state index contributed by atoms with van der Waals surface area (Å²) >= 11 is 0. The first-order valence-corrected chi connectivity index (χ1v) is 9.83. The van der Waals surface area contributed by atoms with Crippen molar-refractivity contribution in [2.45, 2.75) is 68.6 Å². The summed E-state index contributed by atoms with van der Waals surface area (Å²) in [5, 5.41) is 12.1. The molecule has 4 atom stereocenters. The average Bonchev–Trinajstić information content (AvgIpc) is 3.32. The molecule has 1 aromatic rings. The van der Waals surface area contributed by atoms with Crippen LogP contribution in [0.1, 0.15) is 48.8 Å². The number of nitrogens with zero attached hydrogens (tertiary/aromatic N) is 1. The molecule has 2 unspecified atom stereocenters. The molecule has 2 heterocycles. The normalized spacial score (nSPS) is 41.4. The van der Waals surface area contributed by atoms with Gasteiger partial charge in [0.25, 0.3) is 0 Å². The van der Waals surface area contributed by atoms with Crippen molar-refractivity contribution in [3.05, 3.63) is 28.8 Å². The molecule has 3 aliphatic carbocycles. The predicted octanol–water partition coefficient (Wildman–Crippen LogP) is 2.13. The van der Waals surface area contributed by atoms with Gasteiger partial charge in [0.05, 0.1) is 11.0 Å². The number of aryl methyl sites for hydroxylation is 1. The first-order chi connectivity index (χ1) is 12.0. The van der Waals surface area contributed by atoms with Gasteiger partial charge in [0.1, 0.15) is 5.75 Å². The van der Waals surface area contributed by atoms with Gasteiger partial charge in [0.2, 0.25) is 0 Å². The molecule has 1 N–H and O–H groups in total. The predicted molar refractivity (Wildman–Crippen MR) is 92.9 cm³/mol. The van der Waals surface area contributed by atoms with Crippen LogP contribution in [0.15, 0.2) is 12.1 Å². The number of rotatable bonds is 2. The van der Waals surface area contributed by atoms with Crippen molar-refractivity contribution in [1.82, 2.24) is 4.90 Å². The molecule has 2 saturated carbocycles. The van der Waals surface area contributed by atoms with E-state index in [4.69, 9.17) is 4.74 Å². The molecule has 1 aromatic carbocycles. The van der Waals surface area contributed by atoms with Crippen molar-refractivity contribution in [3.8, 4) is 5.75 Å². The second-order valence-electron chi connectivity index (χ2n) is 9.01. The lowest BCUT2D eigenvalue weighted by Crippen LogP contribution is -2.76. The third-order valence-corrected chi connectivity index (χ3v) is 7.78. The maximum absolute atomic E-state index is 12.8. The third-order valence-electron chi connectivity index (χ3n) is 7.78. The van der Waals surface area contributed by atoms with E-state index in [0.29, 0.717) is 12.8 Å². The highest BCUT2D eigenvalue weighted by atomic mass is 16.5. The van der Waals surface area contributed by atoms with Crippen molar-refractivity contribution in [1.29, 1.82) is 0 Å². The molecular formula is C21H25NO3. The lowest BCUT2D eigenvalue weighted by molar-refractivity contribution is -0.188. The fraction of sp³-hybridized carbons (Fsp3) is 0.667. The number of Topliss-reactive ketones (excluding diaryl/α,β-unsaturated/α-hetero) is 1. The van der Waals surface area contributed by atoms with Gasteiger partial charge in [-0.1, -0.05) is 12.1 Å². The number of aliphatic hydroxyl groups is 1. The molecule has 1 saturated heterocycles. The molecule has 5 aliphatic rings. The van der Waals surface area contributed by atoms with E-state index in [0.717, 1.165) is 43.2 Å². The summed E-state index contributed by atoms with van der Waals surface area (Å²) in [7, 11) is 0. The standard InChI is InChI=1S/C21H25NO3/c1-12-2-5-14-10-16-21(24)7-6-15(23)19-20(21,17(14)18(12)25-19)8-9-22(16)11-13-3-4-13/h2,5,13,16,19,24H,3-4,6-11H2,1H3/t16-,19?,20+,21?/m1/s1. The van der Waals surface area contributed by atoms with Crippen LogP contribution < -0.4 is 4.74 Å². The van der Waals surface area contributed by atoms with Crippen LogP contribution in [0.25, 0.3) is 0 Å². The first-order valence-electron chi connectivity index (χ1n) is 9.83. The number of likely N-dealkylation sites (tertiary alicyclic amines) is 1. The Morgan fingerprint density at radius 1 is 1.32 bits per heavy atom. The molecule has 0 radical (unpaired) electrons. The summed E-state index contributed by atoms with van der Waals surface area (Å²) in [6.07, 6.45) is 4.94. The minimum absolute atomic E-state index is 0.127. The van der Waals surface area contributed by atoms with Crippen LogP contribution in [-0.4, -0.2) is 46.6 Å². The Morgan fingerprint density at radius 3 is 2.96 bits per heavy atom. The number of ketones is 1. The van der Waals surface area contributed by atoms with Gasteiger partial charge >= 0.3 is 0 Å². The fourth-order valence-electron chi connectivity index (χ4n) is 6.41. The maximum atomic E-state index is 12.8. The van der Waals surface area contributed by atoms with Crippen LogP contribution in [-0.2, 0) is 16.6 Å². The van der Waals surface area contributed by atoms with Crippen molar-refractivity contribution < 1.29 is 14.6 Å². The number of hydrogen-bond acceptors (Lipinski definition) is 4. The zero-order chi connectivity index (χ0) is 17.0. The Bertz CT molecular complexity index is 801. The van der Waals surface area contributed by atoms with Crippen molar-refractivity contribution in [3.63, 3.8) is 0 Å². The second-order valence-corrected chi connectivity index (χ2v) is 9.01. The topological polar surface area (TPSA) is 49.8 Å². The van der Waals surface area contributed by atoms with Crippen molar-refractivity contribution >= 4 is 5.78 Å². The SMILES string of the molecule is Cc1ccc2c3c1OC1C(=O)CCC4(O)[C@@H](C2)N(CC2CC2)CC[C@]314. The van der Waals surface area contributed by atoms with Gasteiger partial charge in [-0.3, -0.25) is 9.69 Å². The van der Waals surface area contributed by atoms with E-state index in [1.54, 1.807) is 0 Å². The molecule has 0 aromatic heterocycles. The second kappa shape index (κ2) is 4.47. The zero-order valence-electron chi connectivity index (χ0n) is 14.8. The number of ether oxygens (including phenoxy) is 1. The van der Waals surface area contributed by atoms with E-state index in [9.17, 15) is 9.90 Å². The quantitative estimate of drug-likeness (QED) is 0.897. The molecule has 132 valence electrons. The van der Waals surface area contributed by atoms with Gasteiger partial charge in [-0.25, -0.2) is 0 Å². The molecule has 0 amide bonds. The molecule has 25 heavy (non-hydrogen) atoms. The largest absolute Gasteiger partial charge is 0.481 e. The van der Waals surface area contributed by atoms with E-state index in [2.05, 4.69) is 24.0 Å². The Morgan fingerprint density at radius 2 is 2.16 bits per heavy atom. The lowest BCUT2D eigenvalue weighted by Gasteiger charge is -2.62. The number of benzene rings is 1. The van der Waals surface area contributed by atoms with Crippen LogP contribution in [0.5, 0.6) is 5.75 Å². The van der Waals surface area contributed by atoms with Gasteiger partial charge in [0, 0.05) is 24.6 Å². The van der Waals surface area contributed by atoms with E-state index >= 15 is 0 Å². The highest BCUT2D eigenvalue weighted by Crippen LogP contribution is 2.64. The number of piperidine rings is 1. The van der Waals surface area contributed by atoms with Crippen LogP contribution in [0.3, 0.4) is 0 Å². The van der Waals surface area contributed by atoms with Crippen LogP contribution in [0.2, 0.25) is 0 Å². The Balaban J connectivity index is 1.58. The smallest absolute Gasteiger partial charge is 0.174 e. The summed E-state index contributed by atoms with van der Waals surface area (Å²) in [5.41, 5.74) is 2.23. The monoisotopic (exact) mass is 339 g/mol. The van der Waals surface area contributed by atoms with Crippen molar-refractivity contribution in [2.24, 2.45) is 5.92 Å². The van der Waals surface area contributed by atoms with Gasteiger partial charge in [-0.15, -0.1) is 0 Å². The van der Waals surface area contributed by atoms with E-state index in [1.165, 1.54) is 24.0 Å². The Hall–Kier alpha value is -1.39. The molecular weight excluding hydrogens is 314 g/mol. The average molecular weight is 339 g/mol. The van der Waals surface area contributed by atoms with Gasteiger partial charge < -0.3 is 9.84 Å². The van der Waals surface area contributed by atoms with E-state index < -0.39 is 17.1 Å². The summed E-state index contributed by atoms with van der Waals surface area (Å²) < 4.78 is 6.29. The molecule has 4 nitrogen and oxygen atoms in total. The van der Waals surface area contributed by atoms with Crippen LogP contribution in [0.4, 0.5) is 0 Å². The molecule has 3 fully saturated rings. The lowest BCUT2D eigenvalue weighted by atomic mass is 9.49. The zero-order valence-corrected chi connectivity index (χ0v) is 14.8. The summed E-state index contributed by atoms with van der Waals surface area (Å²) in [5.74, 6) is 1.89. The highest BCUT2D eigenvalue weighted by Gasteiger charge is 2.72. The van der Waals surface area contributed by atoms with E-state index in [1.807, 2.05) is 0 Å². The van der Waals surface area contributed by atoms with Crippen LogP contribution >= 0.6 is 0 Å². The summed E-state index contributed by atoms with van der Waals surface area (Å²) in [6, 6.07) is 4.47. The minimum Gasteiger partial charge on any atom is -0.481 e. The summed E-state index contributed by atoms with van der Waals surface area (Å²) in [4.78, 5) is 15.3.